The van der Waals surface area contributed by atoms with Crippen molar-refractivity contribution in [3.05, 3.63) is 46.7 Å². The lowest BCUT2D eigenvalue weighted by Gasteiger charge is -2.16. The summed E-state index contributed by atoms with van der Waals surface area (Å²) in [5.41, 5.74) is 2.29. The number of hydrogen-bond donors (Lipinski definition) is 0. The van der Waals surface area contributed by atoms with Crippen molar-refractivity contribution in [2.24, 2.45) is 0 Å². The van der Waals surface area contributed by atoms with Crippen LogP contribution in [0.25, 0.3) is 5.69 Å². The molecule has 0 bridgehead atoms. The fourth-order valence-corrected chi connectivity index (χ4v) is 2.22. The Morgan fingerprint density at radius 3 is 2.40 bits per heavy atom. The molecule has 1 heterocycles. The first kappa shape index (κ1) is 14.6. The molecular formula is C15H18ClN3O. The maximum Gasteiger partial charge on any atom is 0.274 e. The molecule has 1 aromatic heterocycles. The SMILES string of the molecule is CCN(CC)C(=O)c1cc(C)n(-c2ccc(Cl)cc2)n1. The van der Waals surface area contributed by atoms with Crippen molar-refractivity contribution in [1.29, 1.82) is 0 Å². The van der Waals surface area contributed by atoms with Crippen LogP contribution >= 0.6 is 11.6 Å². The van der Waals surface area contributed by atoms with Crippen molar-refractivity contribution >= 4 is 17.5 Å². The van der Waals surface area contributed by atoms with Gasteiger partial charge < -0.3 is 4.90 Å². The normalized spacial score (nSPS) is 10.6. The summed E-state index contributed by atoms with van der Waals surface area (Å²) in [4.78, 5) is 14.0. The fraction of sp³-hybridized carbons (Fsp3) is 0.333. The third kappa shape index (κ3) is 2.85. The number of benzene rings is 1. The molecule has 0 saturated carbocycles. The van der Waals surface area contributed by atoms with Gasteiger partial charge in [-0.2, -0.15) is 5.10 Å². The second-order valence-corrected chi connectivity index (χ2v) is 4.97. The zero-order chi connectivity index (χ0) is 14.7. The topological polar surface area (TPSA) is 38.1 Å². The molecule has 0 fully saturated rings. The molecule has 0 spiro atoms. The van der Waals surface area contributed by atoms with Crippen molar-refractivity contribution in [3.63, 3.8) is 0 Å². The highest BCUT2D eigenvalue weighted by molar-refractivity contribution is 6.30. The Bertz CT molecular complexity index is 600. The molecule has 0 radical (unpaired) electrons. The smallest absolute Gasteiger partial charge is 0.274 e. The van der Waals surface area contributed by atoms with Crippen LogP contribution < -0.4 is 0 Å². The number of rotatable bonds is 4. The van der Waals surface area contributed by atoms with E-state index in [2.05, 4.69) is 5.10 Å². The molecule has 0 N–H and O–H groups in total. The molecule has 1 amide bonds. The molecule has 2 rings (SSSR count). The van der Waals surface area contributed by atoms with Crippen LogP contribution in [-0.2, 0) is 0 Å². The van der Waals surface area contributed by atoms with Gasteiger partial charge in [0.25, 0.3) is 5.91 Å². The van der Waals surface area contributed by atoms with Crippen LogP contribution in [0.3, 0.4) is 0 Å². The summed E-state index contributed by atoms with van der Waals surface area (Å²) >= 11 is 5.88. The molecule has 20 heavy (non-hydrogen) atoms. The maximum atomic E-state index is 12.3. The van der Waals surface area contributed by atoms with Gasteiger partial charge in [-0.25, -0.2) is 4.68 Å². The first-order chi connectivity index (χ1) is 9.56. The van der Waals surface area contributed by atoms with Gasteiger partial charge in [-0.05, 0) is 51.1 Å². The Hall–Kier alpha value is -1.81. The minimum atomic E-state index is -0.0363. The number of carbonyl (C=O) groups excluding carboxylic acids is 1. The summed E-state index contributed by atoms with van der Waals surface area (Å²) in [6.45, 7) is 7.22. The van der Waals surface area contributed by atoms with Crippen molar-refractivity contribution in [3.8, 4) is 5.69 Å². The second-order valence-electron chi connectivity index (χ2n) is 4.54. The van der Waals surface area contributed by atoms with Crippen molar-refractivity contribution in [1.82, 2.24) is 14.7 Å². The minimum absolute atomic E-state index is 0.0363. The van der Waals surface area contributed by atoms with E-state index in [-0.39, 0.29) is 5.91 Å². The standard InChI is InChI=1S/C15H18ClN3O/c1-4-18(5-2)15(20)14-10-11(3)19(17-14)13-8-6-12(16)7-9-13/h6-10H,4-5H2,1-3H3. The zero-order valence-corrected chi connectivity index (χ0v) is 12.7. The molecule has 4 nitrogen and oxygen atoms in total. The van der Waals surface area contributed by atoms with Crippen molar-refractivity contribution in [2.75, 3.05) is 13.1 Å². The van der Waals surface area contributed by atoms with Gasteiger partial charge >= 0.3 is 0 Å². The van der Waals surface area contributed by atoms with E-state index in [1.807, 2.05) is 51.1 Å². The molecule has 0 aliphatic rings. The van der Waals surface area contributed by atoms with Gasteiger partial charge in [-0.3, -0.25) is 4.79 Å². The van der Waals surface area contributed by atoms with Crippen LogP contribution in [0.5, 0.6) is 0 Å². The van der Waals surface area contributed by atoms with Crippen LogP contribution in [-0.4, -0.2) is 33.7 Å². The van der Waals surface area contributed by atoms with Crippen molar-refractivity contribution < 1.29 is 4.79 Å². The third-order valence-corrected chi connectivity index (χ3v) is 3.48. The lowest BCUT2D eigenvalue weighted by atomic mass is 10.3. The predicted molar refractivity (Wildman–Crippen MR) is 80.6 cm³/mol. The minimum Gasteiger partial charge on any atom is -0.338 e. The van der Waals surface area contributed by atoms with Gasteiger partial charge in [0, 0.05) is 23.8 Å². The Morgan fingerprint density at radius 2 is 1.85 bits per heavy atom. The molecule has 2 aromatic rings. The summed E-state index contributed by atoms with van der Waals surface area (Å²) in [5, 5.41) is 5.09. The van der Waals surface area contributed by atoms with Crippen LogP contribution in [0.1, 0.15) is 30.0 Å². The highest BCUT2D eigenvalue weighted by atomic mass is 35.5. The van der Waals surface area contributed by atoms with E-state index in [0.717, 1.165) is 11.4 Å². The largest absolute Gasteiger partial charge is 0.338 e. The van der Waals surface area contributed by atoms with Gasteiger partial charge in [0.05, 0.1) is 5.69 Å². The zero-order valence-electron chi connectivity index (χ0n) is 11.9. The Morgan fingerprint density at radius 1 is 1.25 bits per heavy atom. The van der Waals surface area contributed by atoms with E-state index in [1.54, 1.807) is 9.58 Å². The monoisotopic (exact) mass is 291 g/mol. The Labute approximate surface area is 124 Å². The first-order valence-corrected chi connectivity index (χ1v) is 7.06. The van der Waals surface area contributed by atoms with Gasteiger partial charge in [0.1, 0.15) is 0 Å². The predicted octanol–water partition coefficient (Wildman–Crippen LogP) is 3.32. The van der Waals surface area contributed by atoms with Crippen LogP contribution in [0.4, 0.5) is 0 Å². The lowest BCUT2D eigenvalue weighted by Crippen LogP contribution is -2.30. The number of aryl methyl sites for hydroxylation is 1. The second kappa shape index (κ2) is 6.09. The van der Waals surface area contributed by atoms with Crippen LogP contribution in [0, 0.1) is 6.92 Å². The summed E-state index contributed by atoms with van der Waals surface area (Å²) < 4.78 is 1.76. The number of halogens is 1. The van der Waals surface area contributed by atoms with E-state index in [9.17, 15) is 4.79 Å². The van der Waals surface area contributed by atoms with Gasteiger partial charge in [0.15, 0.2) is 5.69 Å². The van der Waals surface area contributed by atoms with Gasteiger partial charge in [-0.15, -0.1) is 0 Å². The first-order valence-electron chi connectivity index (χ1n) is 6.68. The average molecular weight is 292 g/mol. The van der Waals surface area contributed by atoms with Crippen LogP contribution in [0.15, 0.2) is 30.3 Å². The van der Waals surface area contributed by atoms with E-state index in [4.69, 9.17) is 11.6 Å². The highest BCUT2D eigenvalue weighted by Crippen LogP contribution is 2.16. The number of amides is 1. The van der Waals surface area contributed by atoms with E-state index in [0.29, 0.717) is 23.8 Å². The Balaban J connectivity index is 2.34. The molecule has 0 saturated heterocycles. The average Bonchev–Trinajstić information content (AvgIpc) is 2.83. The molecule has 0 unspecified atom stereocenters. The van der Waals surface area contributed by atoms with Crippen molar-refractivity contribution in [2.45, 2.75) is 20.8 Å². The summed E-state index contributed by atoms with van der Waals surface area (Å²) in [6.07, 6.45) is 0. The molecule has 5 heteroatoms. The van der Waals surface area contributed by atoms with Gasteiger partial charge in [-0.1, -0.05) is 11.6 Å². The van der Waals surface area contributed by atoms with Gasteiger partial charge in [0.2, 0.25) is 0 Å². The maximum absolute atomic E-state index is 12.3. The number of aromatic nitrogens is 2. The van der Waals surface area contributed by atoms with E-state index >= 15 is 0 Å². The molecule has 0 aliphatic heterocycles. The molecule has 0 atom stereocenters. The highest BCUT2D eigenvalue weighted by Gasteiger charge is 2.17. The molecule has 106 valence electrons. The van der Waals surface area contributed by atoms with E-state index < -0.39 is 0 Å². The number of hydrogen-bond acceptors (Lipinski definition) is 2. The molecule has 0 aliphatic carbocycles. The Kier molecular flexibility index (Phi) is 4.45. The lowest BCUT2D eigenvalue weighted by molar-refractivity contribution is 0.0766. The molecule has 1 aromatic carbocycles. The summed E-state index contributed by atoms with van der Waals surface area (Å²) in [7, 11) is 0. The fourth-order valence-electron chi connectivity index (χ4n) is 2.10. The van der Waals surface area contributed by atoms with E-state index in [1.165, 1.54) is 0 Å². The number of nitrogens with zero attached hydrogens (tertiary/aromatic N) is 3. The number of carbonyl (C=O) groups is 1. The van der Waals surface area contributed by atoms with Crippen LogP contribution in [0.2, 0.25) is 5.02 Å². The quantitative estimate of drug-likeness (QED) is 0.867. The molecular weight excluding hydrogens is 274 g/mol. The third-order valence-electron chi connectivity index (χ3n) is 3.23. The summed E-state index contributed by atoms with van der Waals surface area (Å²) in [5.74, 6) is -0.0363. The summed E-state index contributed by atoms with van der Waals surface area (Å²) in [6, 6.07) is 9.20.